The molecule has 2 aromatic carbocycles. The summed E-state index contributed by atoms with van der Waals surface area (Å²) in [6.07, 6.45) is 0. The smallest absolute Gasteiger partial charge is 0.253 e. The van der Waals surface area contributed by atoms with Crippen molar-refractivity contribution in [2.45, 2.75) is 13.1 Å². The molecule has 0 heterocycles. The Labute approximate surface area is 104 Å². The lowest BCUT2D eigenvalue weighted by molar-refractivity contribution is 0.816. The molecule has 5 nitrogen and oxygen atoms in total. The lowest BCUT2D eigenvalue weighted by atomic mass is 10.1. The van der Waals surface area contributed by atoms with Crippen molar-refractivity contribution in [1.82, 2.24) is 5.32 Å². The van der Waals surface area contributed by atoms with E-state index < -0.39 is 10.9 Å². The van der Waals surface area contributed by atoms with Gasteiger partial charge in [0.25, 0.3) is 10.9 Å². The van der Waals surface area contributed by atoms with E-state index in [4.69, 9.17) is 5.73 Å². The SMILES string of the molecule is CNCc1cccc(CNc2c(N)c(=O)c2=O)c1. The van der Waals surface area contributed by atoms with E-state index in [-0.39, 0.29) is 11.4 Å². The van der Waals surface area contributed by atoms with Gasteiger partial charge in [-0.2, -0.15) is 0 Å². The topological polar surface area (TPSA) is 84.2 Å². The van der Waals surface area contributed by atoms with Gasteiger partial charge in [-0.25, -0.2) is 0 Å². The lowest BCUT2D eigenvalue weighted by Crippen LogP contribution is -2.36. The summed E-state index contributed by atoms with van der Waals surface area (Å²) in [7, 11) is 1.88. The van der Waals surface area contributed by atoms with Gasteiger partial charge in [0, 0.05) is 13.1 Å². The molecule has 0 aliphatic heterocycles. The summed E-state index contributed by atoms with van der Waals surface area (Å²) >= 11 is 0. The largest absolute Gasteiger partial charge is 0.394 e. The molecule has 0 radical (unpaired) electrons. The van der Waals surface area contributed by atoms with Crippen molar-refractivity contribution < 1.29 is 0 Å². The van der Waals surface area contributed by atoms with E-state index in [2.05, 4.69) is 10.6 Å². The molecular weight excluding hydrogens is 230 g/mol. The monoisotopic (exact) mass is 245 g/mol. The fraction of sp³-hybridized carbons (Fsp3) is 0.231. The normalized spacial score (nSPS) is 10.7. The van der Waals surface area contributed by atoms with Gasteiger partial charge in [0.05, 0.1) is 0 Å². The molecule has 2 rings (SSSR count). The summed E-state index contributed by atoms with van der Waals surface area (Å²) in [5.74, 6) is 0. The maximum atomic E-state index is 11.2. The van der Waals surface area contributed by atoms with Crippen LogP contribution in [0.25, 0.3) is 0 Å². The molecule has 0 amide bonds. The lowest BCUT2D eigenvalue weighted by Gasteiger charge is -2.10. The molecule has 0 saturated carbocycles. The molecule has 18 heavy (non-hydrogen) atoms. The quantitative estimate of drug-likeness (QED) is 0.655. The molecule has 0 atom stereocenters. The highest BCUT2D eigenvalue weighted by molar-refractivity contribution is 5.71. The van der Waals surface area contributed by atoms with Crippen LogP contribution in [0, 0.1) is 0 Å². The molecule has 0 spiro atoms. The number of hydrogen-bond donors (Lipinski definition) is 3. The zero-order chi connectivity index (χ0) is 13.1. The number of rotatable bonds is 5. The highest BCUT2D eigenvalue weighted by Crippen LogP contribution is 2.12. The highest BCUT2D eigenvalue weighted by Gasteiger charge is 2.16. The van der Waals surface area contributed by atoms with Gasteiger partial charge in [0.15, 0.2) is 0 Å². The predicted octanol–water partition coefficient (Wildman–Crippen LogP) is 0.196. The van der Waals surface area contributed by atoms with Crippen molar-refractivity contribution >= 4 is 11.4 Å². The van der Waals surface area contributed by atoms with Gasteiger partial charge in [-0.3, -0.25) is 9.59 Å². The molecule has 0 aliphatic rings. The van der Waals surface area contributed by atoms with Crippen molar-refractivity contribution in [1.29, 1.82) is 0 Å². The van der Waals surface area contributed by atoms with E-state index in [0.29, 0.717) is 6.54 Å². The van der Waals surface area contributed by atoms with E-state index in [0.717, 1.165) is 17.7 Å². The summed E-state index contributed by atoms with van der Waals surface area (Å²) in [4.78, 5) is 22.1. The van der Waals surface area contributed by atoms with Crippen LogP contribution in [0.5, 0.6) is 0 Å². The van der Waals surface area contributed by atoms with E-state index in [1.807, 2.05) is 31.3 Å². The third kappa shape index (κ3) is 2.26. The van der Waals surface area contributed by atoms with E-state index in [1.165, 1.54) is 0 Å². The zero-order valence-corrected chi connectivity index (χ0v) is 10.1. The van der Waals surface area contributed by atoms with Crippen molar-refractivity contribution in [2.24, 2.45) is 0 Å². The fourth-order valence-corrected chi connectivity index (χ4v) is 1.83. The first-order chi connectivity index (χ1) is 8.63. The molecule has 94 valence electrons. The zero-order valence-electron chi connectivity index (χ0n) is 10.1. The van der Waals surface area contributed by atoms with Crippen LogP contribution in [0.15, 0.2) is 33.9 Å². The number of hydrogen-bond acceptors (Lipinski definition) is 5. The molecule has 4 N–H and O–H groups in total. The maximum Gasteiger partial charge on any atom is 0.253 e. The second-order valence-corrected chi connectivity index (χ2v) is 4.15. The number of nitrogen functional groups attached to an aromatic ring is 1. The number of nitrogens with two attached hydrogens (primary N) is 1. The molecule has 0 aromatic heterocycles. The Morgan fingerprint density at radius 2 is 1.78 bits per heavy atom. The molecule has 0 aliphatic carbocycles. The highest BCUT2D eigenvalue weighted by atomic mass is 16.2. The van der Waals surface area contributed by atoms with Gasteiger partial charge < -0.3 is 16.4 Å². The van der Waals surface area contributed by atoms with Crippen molar-refractivity contribution in [2.75, 3.05) is 18.1 Å². The van der Waals surface area contributed by atoms with Gasteiger partial charge >= 0.3 is 0 Å². The first-order valence-electron chi connectivity index (χ1n) is 5.68. The Bertz CT molecular complexity index is 627. The van der Waals surface area contributed by atoms with E-state index >= 15 is 0 Å². The summed E-state index contributed by atoms with van der Waals surface area (Å²) in [5, 5.41) is 5.97. The van der Waals surface area contributed by atoms with Gasteiger partial charge in [0.2, 0.25) is 0 Å². The molecule has 5 heteroatoms. The Kier molecular flexibility index (Phi) is 3.43. The van der Waals surface area contributed by atoms with Crippen LogP contribution in [-0.2, 0) is 13.1 Å². The van der Waals surface area contributed by atoms with Crippen LogP contribution >= 0.6 is 0 Å². The van der Waals surface area contributed by atoms with Crippen LogP contribution in [0.2, 0.25) is 0 Å². The summed E-state index contributed by atoms with van der Waals surface area (Å²) in [6, 6.07) is 7.96. The minimum atomic E-state index is -0.596. The third-order valence-corrected chi connectivity index (χ3v) is 2.79. The Hall–Kier alpha value is -2.14. The second-order valence-electron chi connectivity index (χ2n) is 4.15. The minimum Gasteiger partial charge on any atom is -0.394 e. The van der Waals surface area contributed by atoms with Crippen LogP contribution < -0.4 is 27.2 Å². The number of nitrogens with one attached hydrogen (secondary N) is 2. The molecule has 0 unspecified atom stereocenters. The van der Waals surface area contributed by atoms with Crippen LogP contribution in [-0.4, -0.2) is 7.05 Å². The van der Waals surface area contributed by atoms with E-state index in [1.54, 1.807) is 0 Å². The van der Waals surface area contributed by atoms with Gasteiger partial charge in [-0.05, 0) is 18.2 Å². The first kappa shape index (κ1) is 12.3. The second kappa shape index (κ2) is 5.01. The number of benzene rings is 1. The Balaban J connectivity index is 2.05. The van der Waals surface area contributed by atoms with Crippen LogP contribution in [0.4, 0.5) is 11.4 Å². The van der Waals surface area contributed by atoms with Gasteiger partial charge in [0.1, 0.15) is 11.4 Å². The Morgan fingerprint density at radius 3 is 2.39 bits per heavy atom. The number of anilines is 2. The van der Waals surface area contributed by atoms with Crippen molar-refractivity contribution in [3.8, 4) is 0 Å². The molecule has 2 aromatic rings. The fourth-order valence-electron chi connectivity index (χ4n) is 1.83. The maximum absolute atomic E-state index is 11.2. The average Bonchev–Trinajstić information content (AvgIpc) is 2.39. The molecule has 0 bridgehead atoms. The van der Waals surface area contributed by atoms with Gasteiger partial charge in [-0.15, -0.1) is 0 Å². The third-order valence-electron chi connectivity index (χ3n) is 2.79. The average molecular weight is 245 g/mol. The minimum absolute atomic E-state index is 0.0337. The summed E-state index contributed by atoms with van der Waals surface area (Å²) < 4.78 is 0. The Morgan fingerprint density at radius 1 is 1.11 bits per heavy atom. The van der Waals surface area contributed by atoms with Crippen LogP contribution in [0.1, 0.15) is 11.1 Å². The van der Waals surface area contributed by atoms with Crippen molar-refractivity contribution in [3.63, 3.8) is 0 Å². The first-order valence-corrected chi connectivity index (χ1v) is 5.68. The summed E-state index contributed by atoms with van der Waals surface area (Å²) in [5.41, 5.74) is 6.78. The molecular formula is C13H15N3O2. The molecule has 0 saturated heterocycles. The van der Waals surface area contributed by atoms with Crippen LogP contribution in [0.3, 0.4) is 0 Å². The predicted molar refractivity (Wildman–Crippen MR) is 72.3 cm³/mol. The molecule has 0 fully saturated rings. The van der Waals surface area contributed by atoms with Crippen molar-refractivity contribution in [3.05, 3.63) is 55.8 Å². The van der Waals surface area contributed by atoms with E-state index in [9.17, 15) is 9.59 Å². The standard InChI is InChI=1S/C13H15N3O2/c1-15-6-8-3-2-4-9(5-8)7-16-11-10(14)12(17)13(11)18/h2-5,15-16H,6-7,14H2,1H3. The van der Waals surface area contributed by atoms with Gasteiger partial charge in [-0.1, -0.05) is 24.3 Å². The summed E-state index contributed by atoms with van der Waals surface area (Å²) in [6.45, 7) is 1.27.